The number of alkyl halides is 6. The number of hydrogen-bond donors (Lipinski definition) is 1. The summed E-state index contributed by atoms with van der Waals surface area (Å²) < 4.78 is 82.6. The van der Waals surface area contributed by atoms with Gasteiger partial charge in [0.2, 0.25) is 11.7 Å². The normalized spacial score (nSPS) is 18.0. The van der Waals surface area contributed by atoms with Gasteiger partial charge < -0.3 is 19.5 Å². The molecular weight excluding hydrogens is 520 g/mol. The SMILES string of the molecule is O=C1Nc2ccc(-c3cccc(C(F)(F)F)c3)cc2C(=O)N2CCN(C(=O)c3ccc(C(F)(F)F)o3)CC12. The summed E-state index contributed by atoms with van der Waals surface area (Å²) in [5.74, 6) is -3.97. The Balaban J connectivity index is 1.40. The minimum absolute atomic E-state index is 0.0522. The molecule has 0 spiro atoms. The number of amides is 3. The van der Waals surface area contributed by atoms with Crippen LogP contribution in [-0.2, 0) is 17.1 Å². The standard InChI is InChI=1S/C25H17F6N3O4/c26-24(27,28)15-3-1-2-13(10-15)14-4-5-17-16(11-14)22(36)34-9-8-33(12-18(34)21(35)32-17)23(37)19-6-7-20(38-19)25(29,30)31/h1-7,10-11,18H,8-9,12H2,(H,32,35). The number of hydrogen-bond acceptors (Lipinski definition) is 4. The first-order chi connectivity index (χ1) is 17.8. The Morgan fingerprint density at radius 2 is 1.63 bits per heavy atom. The zero-order chi connectivity index (χ0) is 27.4. The molecule has 13 heteroatoms. The molecule has 0 bridgehead atoms. The summed E-state index contributed by atoms with van der Waals surface area (Å²) in [4.78, 5) is 41.5. The van der Waals surface area contributed by atoms with E-state index in [0.717, 1.165) is 23.1 Å². The molecular formula is C25H17F6N3O4. The van der Waals surface area contributed by atoms with Crippen LogP contribution in [0, 0.1) is 0 Å². The van der Waals surface area contributed by atoms with Crippen molar-refractivity contribution in [2.24, 2.45) is 0 Å². The molecule has 5 rings (SSSR count). The Kier molecular flexibility index (Phi) is 5.96. The number of rotatable bonds is 2. The molecule has 198 valence electrons. The number of carbonyl (C=O) groups is 3. The van der Waals surface area contributed by atoms with Gasteiger partial charge in [0.1, 0.15) is 6.04 Å². The van der Waals surface area contributed by atoms with Crippen molar-refractivity contribution < 1.29 is 45.1 Å². The van der Waals surface area contributed by atoms with Crippen LogP contribution in [0.4, 0.5) is 32.0 Å². The second-order valence-corrected chi connectivity index (χ2v) is 8.76. The number of nitrogens with one attached hydrogen (secondary N) is 1. The molecule has 3 aromatic rings. The molecule has 2 aliphatic heterocycles. The molecule has 1 N–H and O–H groups in total. The van der Waals surface area contributed by atoms with Gasteiger partial charge in [0.05, 0.1) is 23.4 Å². The summed E-state index contributed by atoms with van der Waals surface area (Å²) in [5.41, 5.74) is -0.123. The van der Waals surface area contributed by atoms with E-state index in [2.05, 4.69) is 9.73 Å². The molecule has 0 saturated carbocycles. The molecule has 1 atom stereocenters. The average molecular weight is 537 g/mol. The lowest BCUT2D eigenvalue weighted by Gasteiger charge is -2.39. The van der Waals surface area contributed by atoms with Gasteiger partial charge in [-0.3, -0.25) is 14.4 Å². The number of benzene rings is 2. The number of nitrogens with zero attached hydrogens (tertiary/aromatic N) is 2. The summed E-state index contributed by atoms with van der Waals surface area (Å²) in [5, 5.41) is 2.60. The van der Waals surface area contributed by atoms with Gasteiger partial charge in [-0.15, -0.1) is 0 Å². The molecule has 0 radical (unpaired) electrons. The number of fused-ring (bicyclic) bond motifs is 2. The fourth-order valence-electron chi connectivity index (χ4n) is 4.45. The van der Waals surface area contributed by atoms with E-state index in [4.69, 9.17) is 0 Å². The van der Waals surface area contributed by atoms with Gasteiger partial charge in [-0.05, 0) is 47.5 Å². The molecule has 3 amide bonds. The van der Waals surface area contributed by atoms with Crippen molar-refractivity contribution in [1.82, 2.24) is 9.80 Å². The van der Waals surface area contributed by atoms with E-state index < -0.39 is 53.2 Å². The number of carbonyl (C=O) groups excluding carboxylic acids is 3. The summed E-state index contributed by atoms with van der Waals surface area (Å²) in [6, 6.07) is 9.21. The van der Waals surface area contributed by atoms with Crippen LogP contribution < -0.4 is 5.32 Å². The summed E-state index contributed by atoms with van der Waals surface area (Å²) in [6.45, 7) is -0.491. The highest BCUT2D eigenvalue weighted by atomic mass is 19.4. The number of halogens is 6. The van der Waals surface area contributed by atoms with E-state index in [-0.39, 0.29) is 36.4 Å². The van der Waals surface area contributed by atoms with Crippen LogP contribution in [0.3, 0.4) is 0 Å². The van der Waals surface area contributed by atoms with Crippen LogP contribution >= 0.6 is 0 Å². The van der Waals surface area contributed by atoms with E-state index in [1.165, 1.54) is 35.2 Å². The van der Waals surface area contributed by atoms with E-state index in [9.17, 15) is 40.7 Å². The number of piperazine rings is 1. The molecule has 1 saturated heterocycles. The highest BCUT2D eigenvalue weighted by Crippen LogP contribution is 2.35. The lowest BCUT2D eigenvalue weighted by Crippen LogP contribution is -2.59. The third-order valence-electron chi connectivity index (χ3n) is 6.36. The Bertz CT molecular complexity index is 1450. The van der Waals surface area contributed by atoms with Gasteiger partial charge in [0.15, 0.2) is 5.76 Å². The van der Waals surface area contributed by atoms with Crippen LogP contribution in [-0.4, -0.2) is 53.2 Å². The maximum atomic E-state index is 13.4. The van der Waals surface area contributed by atoms with Crippen LogP contribution in [0.2, 0.25) is 0 Å². The fraction of sp³-hybridized carbons (Fsp3) is 0.240. The maximum Gasteiger partial charge on any atom is 0.449 e. The largest absolute Gasteiger partial charge is 0.449 e. The van der Waals surface area contributed by atoms with Crippen molar-refractivity contribution in [3.05, 3.63) is 77.2 Å². The first-order valence-corrected chi connectivity index (χ1v) is 11.2. The van der Waals surface area contributed by atoms with Crippen LogP contribution in [0.15, 0.2) is 59.0 Å². The topological polar surface area (TPSA) is 82.9 Å². The average Bonchev–Trinajstić information content (AvgIpc) is 3.35. The minimum atomic E-state index is -4.77. The van der Waals surface area contributed by atoms with Gasteiger partial charge in [-0.25, -0.2) is 0 Å². The van der Waals surface area contributed by atoms with Gasteiger partial charge >= 0.3 is 12.4 Å². The zero-order valence-corrected chi connectivity index (χ0v) is 19.2. The molecule has 0 aliphatic carbocycles. The third-order valence-corrected chi connectivity index (χ3v) is 6.36. The van der Waals surface area contributed by atoms with Crippen LogP contribution in [0.5, 0.6) is 0 Å². The summed E-state index contributed by atoms with van der Waals surface area (Å²) in [7, 11) is 0. The predicted octanol–water partition coefficient (Wildman–Crippen LogP) is 4.90. The van der Waals surface area contributed by atoms with Crippen molar-refractivity contribution in [3.63, 3.8) is 0 Å². The molecule has 2 aromatic carbocycles. The lowest BCUT2D eigenvalue weighted by molar-refractivity contribution is -0.153. The molecule has 3 heterocycles. The molecule has 7 nitrogen and oxygen atoms in total. The lowest BCUT2D eigenvalue weighted by atomic mass is 9.99. The Morgan fingerprint density at radius 3 is 2.32 bits per heavy atom. The third kappa shape index (κ3) is 4.59. The van der Waals surface area contributed by atoms with Crippen molar-refractivity contribution in [1.29, 1.82) is 0 Å². The predicted molar refractivity (Wildman–Crippen MR) is 120 cm³/mol. The van der Waals surface area contributed by atoms with Crippen LogP contribution in [0.25, 0.3) is 11.1 Å². The highest BCUT2D eigenvalue weighted by Gasteiger charge is 2.42. The van der Waals surface area contributed by atoms with Gasteiger partial charge in [0, 0.05) is 13.1 Å². The monoisotopic (exact) mass is 537 g/mol. The second-order valence-electron chi connectivity index (χ2n) is 8.76. The van der Waals surface area contributed by atoms with Crippen molar-refractivity contribution in [2.45, 2.75) is 18.4 Å². The molecule has 38 heavy (non-hydrogen) atoms. The first kappa shape index (κ1) is 25.4. The number of anilines is 1. The minimum Gasteiger partial charge on any atom is -0.446 e. The smallest absolute Gasteiger partial charge is 0.446 e. The van der Waals surface area contributed by atoms with Gasteiger partial charge in [0.25, 0.3) is 11.8 Å². The zero-order valence-electron chi connectivity index (χ0n) is 19.2. The van der Waals surface area contributed by atoms with Gasteiger partial charge in [-0.2, -0.15) is 26.3 Å². The van der Waals surface area contributed by atoms with Gasteiger partial charge in [-0.1, -0.05) is 18.2 Å². The summed E-state index contributed by atoms with van der Waals surface area (Å²) in [6.07, 6.45) is -9.33. The van der Waals surface area contributed by atoms with E-state index in [1.807, 2.05) is 0 Å². The van der Waals surface area contributed by atoms with E-state index in [0.29, 0.717) is 11.6 Å². The van der Waals surface area contributed by atoms with Crippen molar-refractivity contribution in [3.8, 4) is 11.1 Å². The van der Waals surface area contributed by atoms with E-state index >= 15 is 0 Å². The Hall–Kier alpha value is -4.29. The Morgan fingerprint density at radius 1 is 0.895 bits per heavy atom. The quantitative estimate of drug-likeness (QED) is 0.472. The Labute approximate surface area is 210 Å². The van der Waals surface area contributed by atoms with Crippen LogP contribution in [0.1, 0.15) is 32.2 Å². The fourth-order valence-corrected chi connectivity index (χ4v) is 4.45. The molecule has 1 aromatic heterocycles. The molecule has 1 unspecified atom stereocenters. The second kappa shape index (κ2) is 8.92. The first-order valence-electron chi connectivity index (χ1n) is 11.2. The van der Waals surface area contributed by atoms with Crippen molar-refractivity contribution in [2.75, 3.05) is 25.0 Å². The van der Waals surface area contributed by atoms with E-state index in [1.54, 1.807) is 0 Å². The molecule has 1 fully saturated rings. The summed E-state index contributed by atoms with van der Waals surface area (Å²) >= 11 is 0. The molecule has 2 aliphatic rings. The number of furan rings is 1. The maximum absolute atomic E-state index is 13.4. The van der Waals surface area contributed by atoms with Crippen molar-refractivity contribution >= 4 is 23.4 Å². The highest BCUT2D eigenvalue weighted by molar-refractivity contribution is 6.11.